The van der Waals surface area contributed by atoms with Crippen LogP contribution in [-0.4, -0.2) is 46.9 Å². The Labute approximate surface area is 156 Å². The average Bonchev–Trinajstić information content (AvgIpc) is 3.14. The van der Waals surface area contributed by atoms with Crippen LogP contribution in [0.25, 0.3) is 0 Å². The molecule has 3 heterocycles. The summed E-state index contributed by atoms with van der Waals surface area (Å²) < 4.78 is 5.42. The molecule has 1 unspecified atom stereocenters. The van der Waals surface area contributed by atoms with Gasteiger partial charge in [-0.15, -0.1) is 0 Å². The molecular weight excluding hydrogens is 326 g/mol. The molecule has 3 rings (SSSR count). The van der Waals surface area contributed by atoms with Crippen LogP contribution in [0.15, 0.2) is 41.1 Å². The van der Waals surface area contributed by atoms with Crippen LogP contribution in [0.4, 0.5) is 0 Å². The molecule has 1 atom stereocenters. The van der Waals surface area contributed by atoms with Crippen molar-refractivity contribution in [1.82, 2.24) is 14.8 Å². The van der Waals surface area contributed by atoms with Gasteiger partial charge in [0.2, 0.25) is 5.91 Å². The van der Waals surface area contributed by atoms with Crippen LogP contribution in [-0.2, 0) is 17.8 Å². The number of likely N-dealkylation sites (N-methyl/N-ethyl adjacent to an activating group) is 1. The van der Waals surface area contributed by atoms with Gasteiger partial charge in [-0.3, -0.25) is 14.7 Å². The van der Waals surface area contributed by atoms with Gasteiger partial charge in [0.15, 0.2) is 0 Å². The summed E-state index contributed by atoms with van der Waals surface area (Å²) in [5.74, 6) is 1.38. The molecule has 1 fully saturated rings. The number of hydrogen-bond donors (Lipinski definition) is 0. The van der Waals surface area contributed by atoms with Gasteiger partial charge < -0.3 is 9.32 Å². The molecule has 2 aromatic heterocycles. The molecule has 1 saturated heterocycles. The van der Waals surface area contributed by atoms with E-state index in [0.717, 1.165) is 50.4 Å². The molecule has 1 aliphatic heterocycles. The Kier molecular flexibility index (Phi) is 6.09. The highest BCUT2D eigenvalue weighted by molar-refractivity contribution is 5.79. The van der Waals surface area contributed by atoms with Gasteiger partial charge in [-0.25, -0.2) is 0 Å². The predicted molar refractivity (Wildman–Crippen MR) is 102 cm³/mol. The molecule has 0 aromatic carbocycles. The zero-order valence-electron chi connectivity index (χ0n) is 16.0. The first-order valence-corrected chi connectivity index (χ1v) is 9.46. The van der Waals surface area contributed by atoms with Gasteiger partial charge in [-0.1, -0.05) is 0 Å². The van der Waals surface area contributed by atoms with Crippen molar-refractivity contribution in [2.45, 2.75) is 45.7 Å². The van der Waals surface area contributed by atoms with Crippen molar-refractivity contribution in [3.63, 3.8) is 0 Å². The summed E-state index contributed by atoms with van der Waals surface area (Å²) in [4.78, 5) is 21.6. The lowest BCUT2D eigenvalue weighted by Gasteiger charge is -2.34. The molecule has 5 heteroatoms. The van der Waals surface area contributed by atoms with E-state index in [2.05, 4.69) is 29.8 Å². The van der Waals surface area contributed by atoms with E-state index in [0.29, 0.717) is 0 Å². The van der Waals surface area contributed by atoms with Gasteiger partial charge in [0.05, 0.1) is 12.8 Å². The second-order valence-electron chi connectivity index (χ2n) is 7.46. The Balaban J connectivity index is 1.49. The molecule has 1 amide bonds. The second-order valence-corrected chi connectivity index (χ2v) is 7.46. The number of furan rings is 1. The molecule has 140 valence electrons. The Morgan fingerprint density at radius 1 is 1.38 bits per heavy atom. The number of aromatic nitrogens is 1. The summed E-state index contributed by atoms with van der Waals surface area (Å²) in [6.45, 7) is 6.89. The molecule has 0 spiro atoms. The molecule has 5 nitrogen and oxygen atoms in total. The fourth-order valence-electron chi connectivity index (χ4n) is 3.62. The third kappa shape index (κ3) is 4.73. The SMILES string of the molecule is Cc1ccnc(CC(C)N(C)C(=O)C2CCN(Cc3ccco3)CC2)c1. The zero-order valence-corrected chi connectivity index (χ0v) is 16.0. The van der Waals surface area contributed by atoms with Crippen LogP contribution < -0.4 is 0 Å². The minimum absolute atomic E-state index is 0.126. The number of rotatable bonds is 6. The first-order chi connectivity index (χ1) is 12.5. The summed E-state index contributed by atoms with van der Waals surface area (Å²) in [6, 6.07) is 8.18. The largest absolute Gasteiger partial charge is 0.468 e. The van der Waals surface area contributed by atoms with Gasteiger partial charge in [-0.05, 0) is 69.6 Å². The maximum absolute atomic E-state index is 12.9. The number of carbonyl (C=O) groups is 1. The van der Waals surface area contributed by atoms with Crippen molar-refractivity contribution in [3.8, 4) is 0 Å². The van der Waals surface area contributed by atoms with Gasteiger partial charge in [-0.2, -0.15) is 0 Å². The lowest BCUT2D eigenvalue weighted by atomic mass is 9.94. The van der Waals surface area contributed by atoms with E-state index in [-0.39, 0.29) is 17.9 Å². The minimum Gasteiger partial charge on any atom is -0.468 e. The number of amides is 1. The number of likely N-dealkylation sites (tertiary alicyclic amines) is 1. The number of carbonyl (C=O) groups excluding carboxylic acids is 1. The number of pyridine rings is 1. The number of nitrogens with zero attached hydrogens (tertiary/aromatic N) is 3. The van der Waals surface area contributed by atoms with E-state index >= 15 is 0 Å². The van der Waals surface area contributed by atoms with Crippen LogP contribution in [0.3, 0.4) is 0 Å². The van der Waals surface area contributed by atoms with E-state index in [9.17, 15) is 4.79 Å². The highest BCUT2D eigenvalue weighted by atomic mass is 16.3. The normalized spacial score (nSPS) is 17.2. The smallest absolute Gasteiger partial charge is 0.225 e. The maximum Gasteiger partial charge on any atom is 0.225 e. The summed E-state index contributed by atoms with van der Waals surface area (Å²) in [5.41, 5.74) is 2.26. The number of piperidine rings is 1. The molecular formula is C21H29N3O2. The Hall–Kier alpha value is -2.14. The first kappa shape index (κ1) is 18.6. The summed E-state index contributed by atoms with van der Waals surface area (Å²) >= 11 is 0. The molecule has 0 radical (unpaired) electrons. The minimum atomic E-state index is 0.126. The number of hydrogen-bond acceptors (Lipinski definition) is 4. The van der Waals surface area contributed by atoms with Crippen molar-refractivity contribution >= 4 is 5.91 Å². The molecule has 2 aromatic rings. The lowest BCUT2D eigenvalue weighted by Crippen LogP contribution is -2.44. The molecule has 0 N–H and O–H groups in total. The van der Waals surface area contributed by atoms with E-state index in [1.165, 1.54) is 5.56 Å². The standard InChI is InChI=1S/C21H29N3O2/c1-16-6-9-22-19(13-16)14-17(2)23(3)21(25)18-7-10-24(11-8-18)15-20-5-4-12-26-20/h4-6,9,12-13,17-18H,7-8,10-11,14-15H2,1-3H3. The lowest BCUT2D eigenvalue weighted by molar-refractivity contribution is -0.137. The molecule has 26 heavy (non-hydrogen) atoms. The fourth-order valence-corrected chi connectivity index (χ4v) is 3.62. The fraction of sp³-hybridized carbons (Fsp3) is 0.524. The van der Waals surface area contributed by atoms with Gasteiger partial charge in [0.25, 0.3) is 0 Å². The van der Waals surface area contributed by atoms with Gasteiger partial charge in [0.1, 0.15) is 5.76 Å². The van der Waals surface area contributed by atoms with Crippen molar-refractivity contribution in [2.75, 3.05) is 20.1 Å². The molecule has 0 aliphatic carbocycles. The van der Waals surface area contributed by atoms with Crippen molar-refractivity contribution < 1.29 is 9.21 Å². The third-order valence-electron chi connectivity index (χ3n) is 5.38. The summed E-state index contributed by atoms with van der Waals surface area (Å²) in [5, 5.41) is 0. The Morgan fingerprint density at radius 2 is 2.15 bits per heavy atom. The monoisotopic (exact) mass is 355 g/mol. The molecule has 0 bridgehead atoms. The maximum atomic E-state index is 12.9. The first-order valence-electron chi connectivity index (χ1n) is 9.46. The van der Waals surface area contributed by atoms with Gasteiger partial charge in [0, 0.05) is 37.3 Å². The highest BCUT2D eigenvalue weighted by Crippen LogP contribution is 2.22. The van der Waals surface area contributed by atoms with Crippen LogP contribution in [0, 0.1) is 12.8 Å². The Morgan fingerprint density at radius 3 is 2.81 bits per heavy atom. The topological polar surface area (TPSA) is 49.6 Å². The number of aryl methyl sites for hydroxylation is 1. The van der Waals surface area contributed by atoms with Crippen LogP contribution >= 0.6 is 0 Å². The van der Waals surface area contributed by atoms with Crippen molar-refractivity contribution in [3.05, 3.63) is 53.7 Å². The van der Waals surface area contributed by atoms with E-state index in [1.54, 1.807) is 6.26 Å². The molecule has 1 aliphatic rings. The average molecular weight is 355 g/mol. The quantitative estimate of drug-likeness (QED) is 0.798. The van der Waals surface area contributed by atoms with Crippen LogP contribution in [0.5, 0.6) is 0 Å². The highest BCUT2D eigenvalue weighted by Gasteiger charge is 2.29. The van der Waals surface area contributed by atoms with Crippen molar-refractivity contribution in [2.24, 2.45) is 5.92 Å². The predicted octanol–water partition coefficient (Wildman–Crippen LogP) is 3.28. The van der Waals surface area contributed by atoms with E-state index in [4.69, 9.17) is 4.42 Å². The van der Waals surface area contributed by atoms with Gasteiger partial charge >= 0.3 is 0 Å². The van der Waals surface area contributed by atoms with Crippen molar-refractivity contribution in [1.29, 1.82) is 0 Å². The summed E-state index contributed by atoms with van der Waals surface area (Å²) in [7, 11) is 1.93. The Bertz CT molecular complexity index is 706. The molecule has 0 saturated carbocycles. The summed E-state index contributed by atoms with van der Waals surface area (Å²) in [6.07, 6.45) is 6.18. The van der Waals surface area contributed by atoms with E-state index in [1.807, 2.05) is 36.3 Å². The van der Waals surface area contributed by atoms with Crippen LogP contribution in [0.1, 0.15) is 36.8 Å². The third-order valence-corrected chi connectivity index (χ3v) is 5.38. The second kappa shape index (κ2) is 8.49. The zero-order chi connectivity index (χ0) is 18.5. The van der Waals surface area contributed by atoms with Crippen LogP contribution in [0.2, 0.25) is 0 Å². The van der Waals surface area contributed by atoms with E-state index < -0.39 is 0 Å².